The zero-order valence-electron chi connectivity index (χ0n) is 6.30. The number of hydrogen-bond donors (Lipinski definition) is 0. The standard InChI is InChI=1S/C6H5F7/c1-4(9)2(7)3(8)5(10,11)6(4,12)13/h2-3H,1H3/t2-,3+,4?/m0/s1. The van der Waals surface area contributed by atoms with Gasteiger partial charge in [0.15, 0.2) is 6.17 Å². The van der Waals surface area contributed by atoms with Gasteiger partial charge in [-0.3, -0.25) is 0 Å². The number of rotatable bonds is 0. The van der Waals surface area contributed by atoms with Crippen LogP contribution < -0.4 is 0 Å². The molecular formula is C6H5F7. The van der Waals surface area contributed by atoms with Crippen molar-refractivity contribution >= 4 is 0 Å². The lowest BCUT2D eigenvalue weighted by Crippen LogP contribution is -2.49. The van der Waals surface area contributed by atoms with Crippen LogP contribution in [0, 0.1) is 0 Å². The van der Waals surface area contributed by atoms with E-state index >= 15 is 0 Å². The lowest BCUT2D eigenvalue weighted by Gasteiger charge is -2.25. The van der Waals surface area contributed by atoms with E-state index in [0.717, 1.165) is 0 Å². The van der Waals surface area contributed by atoms with Gasteiger partial charge < -0.3 is 0 Å². The van der Waals surface area contributed by atoms with E-state index in [2.05, 4.69) is 0 Å². The summed E-state index contributed by atoms with van der Waals surface area (Å²) >= 11 is 0. The summed E-state index contributed by atoms with van der Waals surface area (Å²) in [7, 11) is 0. The molecule has 1 saturated carbocycles. The van der Waals surface area contributed by atoms with Gasteiger partial charge in [0.1, 0.15) is 0 Å². The van der Waals surface area contributed by atoms with Crippen LogP contribution in [0.1, 0.15) is 6.92 Å². The lowest BCUT2D eigenvalue weighted by atomic mass is 10.0. The molecule has 13 heavy (non-hydrogen) atoms. The first kappa shape index (κ1) is 10.6. The Morgan fingerprint density at radius 2 is 1.23 bits per heavy atom. The van der Waals surface area contributed by atoms with Crippen LogP contribution in [0.15, 0.2) is 0 Å². The number of alkyl halides is 7. The highest BCUT2D eigenvalue weighted by atomic mass is 19.3. The summed E-state index contributed by atoms with van der Waals surface area (Å²) in [5, 5.41) is 0. The highest BCUT2D eigenvalue weighted by molar-refractivity contribution is 5.17. The SMILES string of the molecule is CC1(F)[C@@H](F)[C@@H](F)C(F)(F)C1(F)F. The molecule has 3 atom stereocenters. The van der Waals surface area contributed by atoms with Gasteiger partial charge in [-0.2, -0.15) is 17.6 Å². The first-order valence-electron chi connectivity index (χ1n) is 3.29. The van der Waals surface area contributed by atoms with Crippen LogP contribution in [0.3, 0.4) is 0 Å². The van der Waals surface area contributed by atoms with Crippen LogP contribution >= 0.6 is 0 Å². The van der Waals surface area contributed by atoms with E-state index in [1.54, 1.807) is 0 Å². The van der Waals surface area contributed by atoms with Crippen molar-refractivity contribution in [3.63, 3.8) is 0 Å². The maximum absolute atomic E-state index is 12.7. The van der Waals surface area contributed by atoms with E-state index in [1.165, 1.54) is 0 Å². The van der Waals surface area contributed by atoms with Gasteiger partial charge in [0.2, 0.25) is 11.8 Å². The van der Waals surface area contributed by atoms with E-state index in [0.29, 0.717) is 0 Å². The summed E-state index contributed by atoms with van der Waals surface area (Å²) < 4.78 is 86.6. The Labute approximate surface area is 68.7 Å². The molecule has 7 heteroatoms. The molecule has 0 nitrogen and oxygen atoms in total. The van der Waals surface area contributed by atoms with E-state index in [9.17, 15) is 30.7 Å². The van der Waals surface area contributed by atoms with Gasteiger partial charge >= 0.3 is 11.8 Å². The van der Waals surface area contributed by atoms with Gasteiger partial charge in [0.25, 0.3) is 0 Å². The van der Waals surface area contributed by atoms with E-state index < -0.39 is 29.9 Å². The second-order valence-corrected chi connectivity index (χ2v) is 3.08. The Kier molecular flexibility index (Phi) is 1.87. The van der Waals surface area contributed by atoms with Crippen molar-refractivity contribution in [3.05, 3.63) is 0 Å². The largest absolute Gasteiger partial charge is 0.349 e. The molecule has 1 aliphatic carbocycles. The molecule has 0 radical (unpaired) electrons. The molecule has 1 fully saturated rings. The monoisotopic (exact) mass is 210 g/mol. The summed E-state index contributed by atoms with van der Waals surface area (Å²) in [6.45, 7) is -0.0782. The highest BCUT2D eigenvalue weighted by Crippen LogP contribution is 2.57. The van der Waals surface area contributed by atoms with Crippen LogP contribution in [0.5, 0.6) is 0 Å². The van der Waals surface area contributed by atoms with Crippen LogP contribution in [-0.4, -0.2) is 29.9 Å². The average molecular weight is 210 g/mol. The first-order valence-corrected chi connectivity index (χ1v) is 3.29. The topological polar surface area (TPSA) is 0 Å². The Balaban J connectivity index is 3.23. The Morgan fingerprint density at radius 3 is 1.31 bits per heavy atom. The van der Waals surface area contributed by atoms with Gasteiger partial charge in [-0.25, -0.2) is 13.2 Å². The molecule has 0 aromatic rings. The van der Waals surface area contributed by atoms with E-state index in [1.807, 2.05) is 0 Å². The third-order valence-electron chi connectivity index (χ3n) is 2.15. The van der Waals surface area contributed by atoms with Crippen LogP contribution in [0.2, 0.25) is 0 Å². The highest BCUT2D eigenvalue weighted by Gasteiger charge is 2.83. The molecule has 1 aliphatic rings. The van der Waals surface area contributed by atoms with Crippen molar-refractivity contribution in [1.82, 2.24) is 0 Å². The van der Waals surface area contributed by atoms with Gasteiger partial charge in [0.05, 0.1) is 0 Å². The maximum Gasteiger partial charge on any atom is 0.349 e. The minimum absolute atomic E-state index is 0.0782. The smallest absolute Gasteiger partial charge is 0.240 e. The molecule has 0 aromatic carbocycles. The van der Waals surface area contributed by atoms with Crippen molar-refractivity contribution in [2.75, 3.05) is 0 Å². The van der Waals surface area contributed by atoms with Crippen LogP contribution in [0.4, 0.5) is 30.7 Å². The van der Waals surface area contributed by atoms with Crippen molar-refractivity contribution in [3.8, 4) is 0 Å². The predicted octanol–water partition coefficient (Wildman–Crippen LogP) is 2.68. The minimum Gasteiger partial charge on any atom is -0.240 e. The second-order valence-electron chi connectivity index (χ2n) is 3.08. The molecule has 1 unspecified atom stereocenters. The Morgan fingerprint density at radius 1 is 0.846 bits per heavy atom. The summed E-state index contributed by atoms with van der Waals surface area (Å²) in [6.07, 6.45) is -7.32. The maximum atomic E-state index is 12.7. The molecule has 0 bridgehead atoms. The summed E-state index contributed by atoms with van der Waals surface area (Å²) in [4.78, 5) is 0. The lowest BCUT2D eigenvalue weighted by molar-refractivity contribution is -0.244. The molecule has 0 heterocycles. The van der Waals surface area contributed by atoms with Crippen molar-refractivity contribution in [2.24, 2.45) is 0 Å². The normalized spacial score (nSPS) is 48.0. The quantitative estimate of drug-likeness (QED) is 0.539. The molecule has 0 saturated heterocycles. The number of hydrogen-bond acceptors (Lipinski definition) is 0. The summed E-state index contributed by atoms with van der Waals surface area (Å²) in [6, 6.07) is 0. The fraction of sp³-hybridized carbons (Fsp3) is 1.00. The van der Waals surface area contributed by atoms with Gasteiger partial charge in [-0.15, -0.1) is 0 Å². The molecule has 0 amide bonds. The average Bonchev–Trinajstić information content (AvgIpc) is 2.05. The summed E-state index contributed by atoms with van der Waals surface area (Å²) in [5.41, 5.74) is -4.17. The molecule has 0 N–H and O–H groups in total. The van der Waals surface area contributed by atoms with Crippen LogP contribution in [-0.2, 0) is 0 Å². The van der Waals surface area contributed by atoms with Gasteiger partial charge in [0, 0.05) is 0 Å². The summed E-state index contributed by atoms with van der Waals surface area (Å²) in [5.74, 6) is -10.6. The third kappa shape index (κ3) is 0.927. The minimum atomic E-state index is -5.32. The zero-order valence-corrected chi connectivity index (χ0v) is 6.30. The van der Waals surface area contributed by atoms with Crippen molar-refractivity contribution in [1.29, 1.82) is 0 Å². The molecular weight excluding hydrogens is 205 g/mol. The van der Waals surface area contributed by atoms with Gasteiger partial charge in [-0.1, -0.05) is 0 Å². The van der Waals surface area contributed by atoms with Crippen LogP contribution in [0.25, 0.3) is 0 Å². The fourth-order valence-corrected chi connectivity index (χ4v) is 1.13. The fourth-order valence-electron chi connectivity index (χ4n) is 1.13. The van der Waals surface area contributed by atoms with Crippen molar-refractivity contribution < 1.29 is 30.7 Å². The molecule has 0 aromatic heterocycles. The van der Waals surface area contributed by atoms with Gasteiger partial charge in [-0.05, 0) is 6.92 Å². The molecule has 0 spiro atoms. The molecule has 1 rings (SSSR count). The Bertz CT molecular complexity index is 199. The molecule has 78 valence electrons. The van der Waals surface area contributed by atoms with E-state index in [4.69, 9.17) is 0 Å². The predicted molar refractivity (Wildman–Crippen MR) is 29.2 cm³/mol. The third-order valence-corrected chi connectivity index (χ3v) is 2.15. The number of halogens is 7. The molecule has 0 aliphatic heterocycles. The zero-order chi connectivity index (χ0) is 10.7. The first-order chi connectivity index (χ1) is 5.57. The van der Waals surface area contributed by atoms with Crippen molar-refractivity contribution in [2.45, 2.75) is 36.8 Å². The second kappa shape index (κ2) is 2.30. The van der Waals surface area contributed by atoms with E-state index in [-0.39, 0.29) is 6.92 Å². The Hall–Kier alpha value is -0.490.